The zero-order chi connectivity index (χ0) is 20.1. The number of furan rings is 1. The maximum Gasteiger partial charge on any atom is 0.270 e. The van der Waals surface area contributed by atoms with Crippen LogP contribution in [0.15, 0.2) is 71.2 Å². The Hall–Kier alpha value is -4.18. The monoisotopic (exact) mass is 373 g/mol. The number of anilines is 1. The number of carbonyl (C=O) groups is 1. The van der Waals surface area contributed by atoms with Crippen LogP contribution in [0.5, 0.6) is 0 Å². The number of amides is 1. The summed E-state index contributed by atoms with van der Waals surface area (Å²) in [6.45, 7) is 1.94. The Balaban J connectivity index is 1.82. The summed E-state index contributed by atoms with van der Waals surface area (Å²) >= 11 is 0. The number of non-ortho nitro benzene ring substituents is 1. The van der Waals surface area contributed by atoms with Crippen molar-refractivity contribution in [3.63, 3.8) is 0 Å². The van der Waals surface area contributed by atoms with E-state index in [1.54, 1.807) is 36.4 Å². The molecule has 7 nitrogen and oxygen atoms in total. The van der Waals surface area contributed by atoms with Gasteiger partial charge in [0.1, 0.15) is 23.2 Å². The smallest absolute Gasteiger partial charge is 0.270 e. The fourth-order valence-corrected chi connectivity index (χ4v) is 2.52. The van der Waals surface area contributed by atoms with Gasteiger partial charge in [0.25, 0.3) is 5.69 Å². The van der Waals surface area contributed by atoms with Gasteiger partial charge in [-0.25, -0.2) is 0 Å². The van der Waals surface area contributed by atoms with Gasteiger partial charge < -0.3 is 9.73 Å². The van der Waals surface area contributed by atoms with E-state index in [0.717, 1.165) is 11.6 Å². The summed E-state index contributed by atoms with van der Waals surface area (Å²) in [4.78, 5) is 22.6. The predicted molar refractivity (Wildman–Crippen MR) is 104 cm³/mol. The quantitative estimate of drug-likeness (QED) is 0.301. The SMILES string of the molecule is Cc1ccc(NC(=O)/C=C(/C#N)c2ccc(-c3cccc([N+](=O)[O-])c3)o2)cc1. The molecule has 0 unspecified atom stereocenters. The van der Waals surface area contributed by atoms with E-state index in [0.29, 0.717) is 17.0 Å². The van der Waals surface area contributed by atoms with Crippen LogP contribution in [0.4, 0.5) is 11.4 Å². The third kappa shape index (κ3) is 4.31. The lowest BCUT2D eigenvalue weighted by Crippen LogP contribution is -2.08. The molecule has 0 saturated heterocycles. The second-order valence-electron chi connectivity index (χ2n) is 6.00. The van der Waals surface area contributed by atoms with Gasteiger partial charge in [-0.15, -0.1) is 0 Å². The van der Waals surface area contributed by atoms with Crippen molar-refractivity contribution in [2.24, 2.45) is 0 Å². The molecule has 1 N–H and O–H groups in total. The molecule has 28 heavy (non-hydrogen) atoms. The van der Waals surface area contributed by atoms with Crippen molar-refractivity contribution < 1.29 is 14.1 Å². The zero-order valence-electron chi connectivity index (χ0n) is 14.9. The number of nitriles is 1. The number of nitro groups is 1. The minimum Gasteiger partial charge on any atom is -0.455 e. The molecule has 1 heterocycles. The van der Waals surface area contributed by atoms with Crippen LogP contribution in [0, 0.1) is 28.4 Å². The molecule has 0 bridgehead atoms. The van der Waals surface area contributed by atoms with E-state index >= 15 is 0 Å². The van der Waals surface area contributed by atoms with Crippen molar-refractivity contribution in [1.29, 1.82) is 5.26 Å². The Labute approximate surface area is 160 Å². The van der Waals surface area contributed by atoms with E-state index in [9.17, 15) is 20.2 Å². The predicted octanol–water partition coefficient (Wildman–Crippen LogP) is 4.71. The molecule has 2 aromatic carbocycles. The molecular weight excluding hydrogens is 358 g/mol. The Morgan fingerprint density at radius 1 is 1.18 bits per heavy atom. The lowest BCUT2D eigenvalue weighted by molar-refractivity contribution is -0.384. The molecule has 0 radical (unpaired) electrons. The van der Waals surface area contributed by atoms with Crippen LogP contribution in [-0.2, 0) is 4.79 Å². The number of nitro benzene ring substituents is 1. The van der Waals surface area contributed by atoms with Gasteiger partial charge in [-0.05, 0) is 31.2 Å². The number of carbonyl (C=O) groups excluding carboxylic acids is 1. The third-order valence-electron chi connectivity index (χ3n) is 3.93. The number of nitrogens with zero attached hydrogens (tertiary/aromatic N) is 2. The molecule has 7 heteroatoms. The molecular formula is C21H15N3O4. The van der Waals surface area contributed by atoms with Crippen molar-refractivity contribution in [1.82, 2.24) is 0 Å². The molecule has 3 aromatic rings. The Morgan fingerprint density at radius 2 is 1.93 bits per heavy atom. The largest absolute Gasteiger partial charge is 0.455 e. The molecule has 1 amide bonds. The van der Waals surface area contributed by atoms with Crippen LogP contribution >= 0.6 is 0 Å². The van der Waals surface area contributed by atoms with E-state index < -0.39 is 10.8 Å². The highest BCUT2D eigenvalue weighted by molar-refractivity contribution is 6.05. The summed E-state index contributed by atoms with van der Waals surface area (Å²) in [6, 6.07) is 18.3. The Morgan fingerprint density at radius 3 is 2.61 bits per heavy atom. The molecule has 0 aliphatic carbocycles. The number of hydrogen-bond acceptors (Lipinski definition) is 5. The molecule has 0 aliphatic rings. The molecule has 0 spiro atoms. The first kappa shape index (κ1) is 18.6. The maximum absolute atomic E-state index is 12.2. The fourth-order valence-electron chi connectivity index (χ4n) is 2.52. The standard InChI is InChI=1S/C21H15N3O4/c1-14-5-7-17(8-6-14)23-21(25)12-16(13-22)20-10-9-19(28-20)15-3-2-4-18(11-15)24(26)27/h2-12H,1H3,(H,23,25)/b16-12-. The van der Waals surface area contributed by atoms with Gasteiger partial charge in [-0.3, -0.25) is 14.9 Å². The first-order valence-corrected chi connectivity index (χ1v) is 8.31. The minimum absolute atomic E-state index is 0.0429. The zero-order valence-corrected chi connectivity index (χ0v) is 14.9. The first-order chi connectivity index (χ1) is 13.5. The number of nitrogens with one attached hydrogen (secondary N) is 1. The second kappa shape index (κ2) is 8.01. The first-order valence-electron chi connectivity index (χ1n) is 8.31. The van der Waals surface area contributed by atoms with Gasteiger partial charge in [0.05, 0.1) is 4.92 Å². The van der Waals surface area contributed by atoms with Crippen LogP contribution in [-0.4, -0.2) is 10.8 Å². The molecule has 1 aromatic heterocycles. The summed E-state index contributed by atoms with van der Waals surface area (Å²) in [7, 11) is 0. The normalized spacial score (nSPS) is 10.9. The number of benzene rings is 2. The fraction of sp³-hybridized carbons (Fsp3) is 0.0476. The summed E-state index contributed by atoms with van der Waals surface area (Å²) in [5.41, 5.74) is 2.16. The minimum atomic E-state index is -0.497. The van der Waals surface area contributed by atoms with Crippen LogP contribution in [0.2, 0.25) is 0 Å². The Bertz CT molecular complexity index is 1110. The van der Waals surface area contributed by atoms with Crippen LogP contribution in [0.1, 0.15) is 11.3 Å². The molecule has 0 atom stereocenters. The summed E-state index contributed by atoms with van der Waals surface area (Å²) in [5.74, 6) is 0.0931. The summed E-state index contributed by atoms with van der Waals surface area (Å²) < 4.78 is 5.63. The average Bonchev–Trinajstić information content (AvgIpc) is 3.18. The Kier molecular flexibility index (Phi) is 5.33. The van der Waals surface area contributed by atoms with E-state index in [2.05, 4.69) is 5.32 Å². The van der Waals surface area contributed by atoms with Gasteiger partial charge in [-0.2, -0.15) is 5.26 Å². The van der Waals surface area contributed by atoms with E-state index in [1.807, 2.05) is 25.1 Å². The third-order valence-corrected chi connectivity index (χ3v) is 3.93. The highest BCUT2D eigenvalue weighted by Crippen LogP contribution is 2.28. The van der Waals surface area contributed by atoms with E-state index in [1.165, 1.54) is 12.1 Å². The second-order valence-corrected chi connectivity index (χ2v) is 6.00. The van der Waals surface area contributed by atoms with Gasteiger partial charge in [0.2, 0.25) is 5.91 Å². The topological polar surface area (TPSA) is 109 Å². The van der Waals surface area contributed by atoms with Gasteiger partial charge in [-0.1, -0.05) is 29.8 Å². The van der Waals surface area contributed by atoms with Gasteiger partial charge in [0.15, 0.2) is 0 Å². The molecule has 138 valence electrons. The van der Waals surface area contributed by atoms with Gasteiger partial charge >= 0.3 is 0 Å². The van der Waals surface area contributed by atoms with Crippen LogP contribution in [0.25, 0.3) is 16.9 Å². The summed E-state index contributed by atoms with van der Waals surface area (Å²) in [5, 5.41) is 23.0. The lowest BCUT2D eigenvalue weighted by atomic mass is 10.1. The number of hydrogen-bond donors (Lipinski definition) is 1. The number of allylic oxidation sites excluding steroid dienone is 1. The van der Waals surface area contributed by atoms with Crippen molar-refractivity contribution in [2.75, 3.05) is 5.32 Å². The number of rotatable bonds is 5. The lowest BCUT2D eigenvalue weighted by Gasteiger charge is -2.02. The maximum atomic E-state index is 12.2. The van der Waals surface area contributed by atoms with Crippen molar-refractivity contribution >= 4 is 22.9 Å². The molecule has 3 rings (SSSR count). The average molecular weight is 373 g/mol. The highest BCUT2D eigenvalue weighted by atomic mass is 16.6. The van der Waals surface area contributed by atoms with Crippen LogP contribution in [0.3, 0.4) is 0 Å². The number of aryl methyl sites for hydroxylation is 1. The van der Waals surface area contributed by atoms with Crippen molar-refractivity contribution in [3.8, 4) is 17.4 Å². The highest BCUT2D eigenvalue weighted by Gasteiger charge is 2.13. The summed E-state index contributed by atoms with van der Waals surface area (Å²) in [6.07, 6.45) is 1.15. The van der Waals surface area contributed by atoms with E-state index in [4.69, 9.17) is 4.42 Å². The molecule has 0 fully saturated rings. The van der Waals surface area contributed by atoms with Crippen molar-refractivity contribution in [2.45, 2.75) is 6.92 Å². The van der Waals surface area contributed by atoms with Crippen LogP contribution < -0.4 is 5.32 Å². The molecule has 0 aliphatic heterocycles. The van der Waals surface area contributed by atoms with E-state index in [-0.39, 0.29) is 17.0 Å². The van der Waals surface area contributed by atoms with Crippen molar-refractivity contribution in [3.05, 3.63) is 88.2 Å². The molecule has 0 saturated carbocycles. The van der Waals surface area contributed by atoms with Gasteiger partial charge in [0, 0.05) is 29.5 Å².